The fraction of sp³-hybridized carbons (Fsp3) is 0.647. The Balaban J connectivity index is 1.66. The molecule has 0 aromatic heterocycles. The van der Waals surface area contributed by atoms with Crippen molar-refractivity contribution in [3.05, 3.63) is 35.9 Å². The largest absolute Gasteiger partial charge is 0.375 e. The van der Waals surface area contributed by atoms with Gasteiger partial charge in [0, 0.05) is 12.6 Å². The molecule has 0 bridgehead atoms. The Morgan fingerprint density at radius 3 is 2.70 bits per heavy atom. The number of hydrogen-bond acceptors (Lipinski definition) is 3. The smallest absolute Gasteiger partial charge is 0.0685 e. The van der Waals surface area contributed by atoms with E-state index in [-0.39, 0.29) is 5.60 Å². The second-order valence-corrected chi connectivity index (χ2v) is 6.45. The quantitative estimate of drug-likeness (QED) is 0.655. The highest BCUT2D eigenvalue weighted by Gasteiger charge is 2.41. The Morgan fingerprint density at radius 2 is 2.00 bits per heavy atom. The van der Waals surface area contributed by atoms with Crippen molar-refractivity contribution < 1.29 is 4.74 Å². The second kappa shape index (κ2) is 6.25. The highest BCUT2D eigenvalue weighted by atomic mass is 16.5. The molecule has 3 nitrogen and oxygen atoms in total. The highest BCUT2D eigenvalue weighted by Crippen LogP contribution is 2.43. The van der Waals surface area contributed by atoms with E-state index in [1.165, 1.54) is 37.7 Å². The summed E-state index contributed by atoms with van der Waals surface area (Å²) < 4.78 is 6.13. The molecular formula is C17H26N2O. The molecule has 0 amide bonds. The number of ether oxygens (including phenoxy) is 1. The van der Waals surface area contributed by atoms with Crippen molar-refractivity contribution >= 4 is 0 Å². The van der Waals surface area contributed by atoms with E-state index < -0.39 is 0 Å². The minimum absolute atomic E-state index is 0.175. The molecular weight excluding hydrogens is 248 g/mol. The summed E-state index contributed by atoms with van der Waals surface area (Å²) in [7, 11) is 0. The zero-order chi connectivity index (χ0) is 13.8. The van der Waals surface area contributed by atoms with Gasteiger partial charge in [0.05, 0.1) is 5.60 Å². The molecule has 3 rings (SSSR count). The molecule has 2 unspecified atom stereocenters. The molecule has 0 radical (unpaired) electrons. The number of hydrazine groups is 1. The Hall–Kier alpha value is -0.900. The van der Waals surface area contributed by atoms with Crippen LogP contribution in [0.5, 0.6) is 0 Å². The van der Waals surface area contributed by atoms with E-state index in [1.54, 1.807) is 0 Å². The van der Waals surface area contributed by atoms with Crippen molar-refractivity contribution in [3.63, 3.8) is 0 Å². The third kappa shape index (κ3) is 3.05. The van der Waals surface area contributed by atoms with Gasteiger partial charge in [0.15, 0.2) is 0 Å². The number of nitrogens with two attached hydrogens (primary N) is 1. The summed E-state index contributed by atoms with van der Waals surface area (Å²) in [4.78, 5) is 0. The van der Waals surface area contributed by atoms with Crippen LogP contribution in [0, 0.1) is 5.92 Å². The molecule has 1 aromatic carbocycles. The molecule has 1 aliphatic heterocycles. The minimum atomic E-state index is 0.175. The van der Waals surface area contributed by atoms with Crippen LogP contribution in [0.2, 0.25) is 0 Å². The van der Waals surface area contributed by atoms with Gasteiger partial charge in [-0.2, -0.15) is 0 Å². The van der Waals surface area contributed by atoms with Crippen molar-refractivity contribution in [1.82, 2.24) is 5.43 Å². The van der Waals surface area contributed by atoms with Crippen LogP contribution in [0.3, 0.4) is 0 Å². The van der Waals surface area contributed by atoms with Crippen molar-refractivity contribution in [3.8, 4) is 0 Å². The van der Waals surface area contributed by atoms with E-state index >= 15 is 0 Å². The first-order chi connectivity index (χ1) is 9.81. The highest BCUT2D eigenvalue weighted by molar-refractivity contribution is 5.16. The topological polar surface area (TPSA) is 47.3 Å². The van der Waals surface area contributed by atoms with Crippen LogP contribution >= 0.6 is 0 Å². The van der Waals surface area contributed by atoms with Crippen LogP contribution in [-0.2, 0) is 11.2 Å². The van der Waals surface area contributed by atoms with E-state index in [0.29, 0.717) is 12.0 Å². The zero-order valence-electron chi connectivity index (χ0n) is 12.2. The summed E-state index contributed by atoms with van der Waals surface area (Å²) >= 11 is 0. The molecule has 1 aliphatic carbocycles. The first-order valence-corrected chi connectivity index (χ1v) is 7.95. The molecule has 1 heterocycles. The molecule has 1 aromatic rings. The lowest BCUT2D eigenvalue weighted by atomic mass is 9.79. The monoisotopic (exact) mass is 274 g/mol. The van der Waals surface area contributed by atoms with Crippen LogP contribution in [0.25, 0.3) is 0 Å². The van der Waals surface area contributed by atoms with Crippen LogP contribution < -0.4 is 11.3 Å². The van der Waals surface area contributed by atoms with E-state index in [2.05, 4.69) is 35.8 Å². The average molecular weight is 274 g/mol. The maximum atomic E-state index is 6.13. The van der Waals surface area contributed by atoms with Crippen molar-refractivity contribution in [2.45, 2.75) is 56.6 Å². The van der Waals surface area contributed by atoms with Crippen LogP contribution in [0.4, 0.5) is 0 Å². The molecule has 1 spiro atoms. The summed E-state index contributed by atoms with van der Waals surface area (Å²) in [5, 5.41) is 0. The Kier molecular flexibility index (Phi) is 4.39. The molecule has 110 valence electrons. The molecule has 1 saturated heterocycles. The van der Waals surface area contributed by atoms with Crippen molar-refractivity contribution in [2.75, 3.05) is 6.61 Å². The average Bonchev–Trinajstić information content (AvgIpc) is 2.93. The second-order valence-electron chi connectivity index (χ2n) is 6.45. The van der Waals surface area contributed by atoms with Gasteiger partial charge < -0.3 is 4.74 Å². The standard InChI is InChI=1S/C17H26N2O/c18-19-16(12-14-6-2-1-3-7-14)15-8-11-20-17(13-15)9-4-5-10-17/h1-3,6-7,15-16,19H,4-5,8-13,18H2. The predicted molar refractivity (Wildman–Crippen MR) is 81.1 cm³/mol. The van der Waals surface area contributed by atoms with Gasteiger partial charge in [-0.05, 0) is 43.6 Å². The van der Waals surface area contributed by atoms with Gasteiger partial charge in [0.1, 0.15) is 0 Å². The molecule has 3 heteroatoms. The van der Waals surface area contributed by atoms with Gasteiger partial charge in [-0.25, -0.2) is 0 Å². The van der Waals surface area contributed by atoms with Crippen LogP contribution in [0.1, 0.15) is 44.1 Å². The molecule has 3 N–H and O–H groups in total. The van der Waals surface area contributed by atoms with E-state index in [4.69, 9.17) is 10.6 Å². The molecule has 2 fully saturated rings. The van der Waals surface area contributed by atoms with Gasteiger partial charge in [-0.15, -0.1) is 0 Å². The molecule has 2 atom stereocenters. The predicted octanol–water partition coefficient (Wildman–Crippen LogP) is 2.80. The van der Waals surface area contributed by atoms with Gasteiger partial charge >= 0.3 is 0 Å². The van der Waals surface area contributed by atoms with Gasteiger partial charge in [-0.1, -0.05) is 43.2 Å². The van der Waals surface area contributed by atoms with E-state index in [9.17, 15) is 0 Å². The van der Waals surface area contributed by atoms with Crippen LogP contribution in [0.15, 0.2) is 30.3 Å². The number of nitrogens with one attached hydrogen (secondary N) is 1. The maximum Gasteiger partial charge on any atom is 0.0685 e. The summed E-state index contributed by atoms with van der Waals surface area (Å²) in [6.45, 7) is 0.900. The third-order valence-electron chi connectivity index (χ3n) is 5.13. The van der Waals surface area contributed by atoms with Crippen molar-refractivity contribution in [1.29, 1.82) is 0 Å². The minimum Gasteiger partial charge on any atom is -0.375 e. The molecule has 20 heavy (non-hydrogen) atoms. The van der Waals surface area contributed by atoms with E-state index in [0.717, 1.165) is 19.4 Å². The number of rotatable bonds is 4. The van der Waals surface area contributed by atoms with Gasteiger partial charge in [0.2, 0.25) is 0 Å². The van der Waals surface area contributed by atoms with Crippen molar-refractivity contribution in [2.24, 2.45) is 11.8 Å². The molecule has 2 aliphatic rings. The van der Waals surface area contributed by atoms with Crippen LogP contribution in [-0.4, -0.2) is 18.2 Å². The van der Waals surface area contributed by atoms with Gasteiger partial charge in [-0.3, -0.25) is 11.3 Å². The Labute approximate surface area is 121 Å². The third-order valence-corrected chi connectivity index (χ3v) is 5.13. The summed E-state index contributed by atoms with van der Waals surface area (Å²) in [6.07, 6.45) is 8.45. The Morgan fingerprint density at radius 1 is 1.25 bits per heavy atom. The van der Waals surface area contributed by atoms with E-state index in [1.807, 2.05) is 0 Å². The lowest BCUT2D eigenvalue weighted by Gasteiger charge is -2.41. The summed E-state index contributed by atoms with van der Waals surface area (Å²) in [5.74, 6) is 6.48. The summed E-state index contributed by atoms with van der Waals surface area (Å²) in [5.41, 5.74) is 4.61. The van der Waals surface area contributed by atoms with Gasteiger partial charge in [0.25, 0.3) is 0 Å². The number of hydrogen-bond donors (Lipinski definition) is 2. The lowest BCUT2D eigenvalue weighted by molar-refractivity contribution is -0.0978. The lowest BCUT2D eigenvalue weighted by Crippen LogP contribution is -2.48. The fourth-order valence-electron chi connectivity index (χ4n) is 4.01. The maximum absolute atomic E-state index is 6.13. The first kappa shape index (κ1) is 14.1. The fourth-order valence-corrected chi connectivity index (χ4v) is 4.01. The first-order valence-electron chi connectivity index (χ1n) is 7.95. The molecule has 1 saturated carbocycles. The SMILES string of the molecule is NNC(Cc1ccccc1)C1CCOC2(CCCC2)C1. The Bertz CT molecular complexity index is 414. The zero-order valence-corrected chi connectivity index (χ0v) is 12.2. The normalized spacial score (nSPS) is 26.8. The number of benzene rings is 1. The summed E-state index contributed by atoms with van der Waals surface area (Å²) in [6, 6.07) is 11.0.